The molecule has 1 atom stereocenters. The number of benzene rings is 2. The third kappa shape index (κ3) is 1.35. The van der Waals surface area contributed by atoms with Crippen LogP contribution in [0.25, 0.3) is 10.8 Å². The lowest BCUT2D eigenvalue weighted by molar-refractivity contribution is -0.122. The maximum Gasteiger partial charge on any atom is 0.140 e. The number of carbonyl (C=O) groups is 1. The molecular weight excluding hydrogens is 196 g/mol. The van der Waals surface area contributed by atoms with Gasteiger partial charge in [0.15, 0.2) is 0 Å². The van der Waals surface area contributed by atoms with E-state index in [1.807, 2.05) is 19.1 Å². The minimum Gasteiger partial charge on any atom is -0.299 e. The van der Waals surface area contributed by atoms with Gasteiger partial charge >= 0.3 is 0 Å². The van der Waals surface area contributed by atoms with Gasteiger partial charge in [0.25, 0.3) is 0 Å². The first-order valence-corrected chi connectivity index (χ1v) is 5.78. The van der Waals surface area contributed by atoms with Crippen LogP contribution >= 0.6 is 0 Å². The standard InChI is InChI=1S/C15H14O/c1-10-8-12-7-6-11-4-2-3-5-13(11)14(12)9-15(10)16/h2-7,10H,8-9H2,1H3/t10-/m0/s1. The van der Waals surface area contributed by atoms with Crippen molar-refractivity contribution < 1.29 is 4.79 Å². The number of Topliss-reactive ketones (excluding diaryl/α,β-unsaturated/α-hetero) is 1. The van der Waals surface area contributed by atoms with Crippen molar-refractivity contribution >= 4 is 16.6 Å². The fourth-order valence-electron chi connectivity index (χ4n) is 2.57. The highest BCUT2D eigenvalue weighted by Gasteiger charge is 2.23. The van der Waals surface area contributed by atoms with E-state index in [-0.39, 0.29) is 5.92 Å². The van der Waals surface area contributed by atoms with Crippen LogP contribution < -0.4 is 0 Å². The lowest BCUT2D eigenvalue weighted by Gasteiger charge is -2.21. The summed E-state index contributed by atoms with van der Waals surface area (Å²) in [5.74, 6) is 0.567. The molecular formula is C15H14O. The van der Waals surface area contributed by atoms with Crippen LogP contribution in [0.5, 0.6) is 0 Å². The molecule has 1 aliphatic carbocycles. The zero-order valence-electron chi connectivity index (χ0n) is 9.36. The van der Waals surface area contributed by atoms with E-state index in [0.29, 0.717) is 12.2 Å². The van der Waals surface area contributed by atoms with Gasteiger partial charge in [0.05, 0.1) is 0 Å². The predicted octanol–water partition coefficient (Wildman–Crippen LogP) is 3.14. The molecule has 0 aromatic heterocycles. The minimum atomic E-state index is 0.189. The Kier molecular flexibility index (Phi) is 2.06. The molecule has 16 heavy (non-hydrogen) atoms. The van der Waals surface area contributed by atoms with Gasteiger partial charge in [0.1, 0.15) is 5.78 Å². The zero-order chi connectivity index (χ0) is 11.1. The molecule has 1 aliphatic rings. The Morgan fingerprint density at radius 2 is 1.94 bits per heavy atom. The summed E-state index contributed by atoms with van der Waals surface area (Å²) in [5.41, 5.74) is 2.60. The fourth-order valence-corrected chi connectivity index (χ4v) is 2.57. The molecule has 0 spiro atoms. The molecule has 0 fully saturated rings. The van der Waals surface area contributed by atoms with Crippen molar-refractivity contribution in [2.75, 3.05) is 0 Å². The second kappa shape index (κ2) is 3.44. The van der Waals surface area contributed by atoms with Gasteiger partial charge in [-0.1, -0.05) is 43.3 Å². The van der Waals surface area contributed by atoms with E-state index in [2.05, 4.69) is 24.3 Å². The zero-order valence-corrected chi connectivity index (χ0v) is 9.36. The van der Waals surface area contributed by atoms with E-state index in [9.17, 15) is 4.79 Å². The van der Waals surface area contributed by atoms with Crippen molar-refractivity contribution in [1.82, 2.24) is 0 Å². The molecule has 0 radical (unpaired) electrons. The van der Waals surface area contributed by atoms with Gasteiger partial charge in [-0.2, -0.15) is 0 Å². The van der Waals surface area contributed by atoms with Crippen LogP contribution in [0.1, 0.15) is 18.1 Å². The minimum absolute atomic E-state index is 0.189. The summed E-state index contributed by atoms with van der Waals surface area (Å²) in [4.78, 5) is 11.8. The van der Waals surface area contributed by atoms with Gasteiger partial charge in [0.2, 0.25) is 0 Å². The first-order chi connectivity index (χ1) is 7.75. The lowest BCUT2D eigenvalue weighted by atomic mass is 9.82. The number of hydrogen-bond acceptors (Lipinski definition) is 1. The summed E-state index contributed by atoms with van der Waals surface area (Å²) in [7, 11) is 0. The highest BCUT2D eigenvalue weighted by atomic mass is 16.1. The number of hydrogen-bond donors (Lipinski definition) is 0. The van der Waals surface area contributed by atoms with E-state index in [1.54, 1.807) is 0 Å². The molecule has 3 rings (SSSR count). The smallest absolute Gasteiger partial charge is 0.140 e. The van der Waals surface area contributed by atoms with Crippen molar-refractivity contribution in [3.63, 3.8) is 0 Å². The number of ketones is 1. The summed E-state index contributed by atoms with van der Waals surface area (Å²) in [6, 6.07) is 12.7. The van der Waals surface area contributed by atoms with Gasteiger partial charge in [0, 0.05) is 12.3 Å². The summed E-state index contributed by atoms with van der Waals surface area (Å²) in [6.45, 7) is 2.03. The second-order valence-corrected chi connectivity index (χ2v) is 4.67. The normalized spacial score (nSPS) is 19.8. The van der Waals surface area contributed by atoms with Crippen molar-refractivity contribution in [3.8, 4) is 0 Å². The molecule has 2 aromatic rings. The average Bonchev–Trinajstić information content (AvgIpc) is 2.31. The summed E-state index contributed by atoms with van der Waals surface area (Å²) < 4.78 is 0. The Labute approximate surface area is 95.1 Å². The van der Waals surface area contributed by atoms with Crippen molar-refractivity contribution in [1.29, 1.82) is 0 Å². The predicted molar refractivity (Wildman–Crippen MR) is 65.5 cm³/mol. The molecule has 1 nitrogen and oxygen atoms in total. The second-order valence-electron chi connectivity index (χ2n) is 4.67. The van der Waals surface area contributed by atoms with E-state index in [0.717, 1.165) is 6.42 Å². The van der Waals surface area contributed by atoms with Gasteiger partial charge < -0.3 is 0 Å². The van der Waals surface area contributed by atoms with E-state index >= 15 is 0 Å². The van der Waals surface area contributed by atoms with Crippen molar-refractivity contribution in [2.45, 2.75) is 19.8 Å². The van der Waals surface area contributed by atoms with E-state index in [1.165, 1.54) is 21.9 Å². The van der Waals surface area contributed by atoms with E-state index in [4.69, 9.17) is 0 Å². The number of rotatable bonds is 0. The molecule has 0 N–H and O–H groups in total. The summed E-state index contributed by atoms with van der Waals surface area (Å²) in [6.07, 6.45) is 1.51. The third-order valence-corrected chi connectivity index (χ3v) is 3.56. The summed E-state index contributed by atoms with van der Waals surface area (Å²) >= 11 is 0. The third-order valence-electron chi connectivity index (χ3n) is 3.56. The fraction of sp³-hybridized carbons (Fsp3) is 0.267. The first kappa shape index (κ1) is 9.59. The van der Waals surface area contributed by atoms with Crippen molar-refractivity contribution in [3.05, 3.63) is 47.5 Å². The van der Waals surface area contributed by atoms with E-state index < -0.39 is 0 Å². The Morgan fingerprint density at radius 1 is 1.12 bits per heavy atom. The monoisotopic (exact) mass is 210 g/mol. The SMILES string of the molecule is C[C@H]1Cc2ccc3ccccc3c2CC1=O. The average molecular weight is 210 g/mol. The maximum atomic E-state index is 11.8. The Morgan fingerprint density at radius 3 is 2.81 bits per heavy atom. The van der Waals surface area contributed by atoms with Crippen molar-refractivity contribution in [2.24, 2.45) is 5.92 Å². The Hall–Kier alpha value is -1.63. The molecule has 1 heteroatoms. The van der Waals surface area contributed by atoms with Crippen LogP contribution in [0.4, 0.5) is 0 Å². The maximum absolute atomic E-state index is 11.8. The topological polar surface area (TPSA) is 17.1 Å². The van der Waals surface area contributed by atoms with Crippen LogP contribution in [0.3, 0.4) is 0 Å². The van der Waals surface area contributed by atoms with Gasteiger partial charge in [-0.05, 0) is 28.3 Å². The Bertz CT molecular complexity index is 569. The van der Waals surface area contributed by atoms with Gasteiger partial charge in [-0.3, -0.25) is 4.79 Å². The molecule has 0 heterocycles. The first-order valence-electron chi connectivity index (χ1n) is 5.78. The number of fused-ring (bicyclic) bond motifs is 3. The van der Waals surface area contributed by atoms with Crippen LogP contribution in [0.15, 0.2) is 36.4 Å². The van der Waals surface area contributed by atoms with Gasteiger partial charge in [-0.15, -0.1) is 0 Å². The Balaban J connectivity index is 2.27. The van der Waals surface area contributed by atoms with Gasteiger partial charge in [-0.25, -0.2) is 0 Å². The lowest BCUT2D eigenvalue weighted by Crippen LogP contribution is -2.22. The molecule has 0 saturated carbocycles. The quantitative estimate of drug-likeness (QED) is 0.653. The highest BCUT2D eigenvalue weighted by molar-refractivity contribution is 5.94. The molecule has 0 amide bonds. The highest BCUT2D eigenvalue weighted by Crippen LogP contribution is 2.29. The molecule has 0 bridgehead atoms. The molecule has 2 aromatic carbocycles. The van der Waals surface area contributed by atoms with Crippen LogP contribution in [0, 0.1) is 5.92 Å². The van der Waals surface area contributed by atoms with Crippen LogP contribution in [0.2, 0.25) is 0 Å². The van der Waals surface area contributed by atoms with Crippen LogP contribution in [-0.2, 0) is 17.6 Å². The van der Waals surface area contributed by atoms with Crippen LogP contribution in [-0.4, -0.2) is 5.78 Å². The molecule has 0 unspecified atom stereocenters. The number of carbonyl (C=O) groups excluding carboxylic acids is 1. The summed E-state index contributed by atoms with van der Waals surface area (Å²) in [5, 5.41) is 2.49. The largest absolute Gasteiger partial charge is 0.299 e. The molecule has 0 aliphatic heterocycles. The molecule has 0 saturated heterocycles. The molecule has 80 valence electrons.